The first-order valence-electron chi connectivity index (χ1n) is 7.59. The van der Waals surface area contributed by atoms with E-state index in [9.17, 15) is 13.6 Å². The lowest BCUT2D eigenvalue weighted by Gasteiger charge is -2.40. The van der Waals surface area contributed by atoms with Crippen LogP contribution in [0.2, 0.25) is 0 Å². The summed E-state index contributed by atoms with van der Waals surface area (Å²) in [5.41, 5.74) is -0.577. The molecule has 1 unspecified atom stereocenters. The molecule has 128 valence electrons. The molecule has 0 bridgehead atoms. The van der Waals surface area contributed by atoms with Gasteiger partial charge in [0, 0.05) is 13.1 Å². The molecule has 1 aliphatic rings. The van der Waals surface area contributed by atoms with Crippen molar-refractivity contribution in [3.63, 3.8) is 0 Å². The molecule has 0 aliphatic carbocycles. The van der Waals surface area contributed by atoms with Crippen molar-refractivity contribution in [2.24, 2.45) is 11.3 Å². The Morgan fingerprint density at radius 3 is 2.74 bits per heavy atom. The zero-order chi connectivity index (χ0) is 17.0. The number of carbonyl (C=O) groups excluding carboxylic acids is 1. The van der Waals surface area contributed by atoms with Crippen LogP contribution in [0.3, 0.4) is 0 Å². The number of rotatable bonds is 5. The zero-order valence-corrected chi connectivity index (χ0v) is 13.6. The number of alkyl halides is 2. The van der Waals surface area contributed by atoms with Gasteiger partial charge in [0.1, 0.15) is 11.6 Å². The second-order valence-corrected chi connectivity index (χ2v) is 6.23. The molecule has 23 heavy (non-hydrogen) atoms. The van der Waals surface area contributed by atoms with Crippen molar-refractivity contribution in [2.75, 3.05) is 25.1 Å². The molecule has 0 saturated carbocycles. The Morgan fingerprint density at radius 1 is 1.43 bits per heavy atom. The molecule has 7 heteroatoms. The van der Waals surface area contributed by atoms with E-state index in [1.165, 1.54) is 19.4 Å². The number of hydrogen-bond donors (Lipinski definition) is 0. The van der Waals surface area contributed by atoms with Gasteiger partial charge in [-0.15, -0.1) is 0 Å². The second kappa shape index (κ2) is 7.10. The molecule has 1 aromatic rings. The van der Waals surface area contributed by atoms with Crippen LogP contribution in [-0.4, -0.2) is 37.8 Å². The third-order valence-electron chi connectivity index (χ3n) is 4.42. The van der Waals surface area contributed by atoms with E-state index in [4.69, 9.17) is 4.74 Å². The average molecular weight is 328 g/mol. The highest BCUT2D eigenvalue weighted by Crippen LogP contribution is 2.36. The van der Waals surface area contributed by atoms with Crippen LogP contribution in [-0.2, 0) is 9.53 Å². The predicted molar refractivity (Wildman–Crippen MR) is 81.6 cm³/mol. The molecular weight excluding hydrogens is 306 g/mol. The smallest absolute Gasteiger partial charge is 0.387 e. The van der Waals surface area contributed by atoms with Crippen LogP contribution in [0.5, 0.6) is 5.75 Å². The van der Waals surface area contributed by atoms with Gasteiger partial charge in [-0.2, -0.15) is 8.78 Å². The lowest BCUT2D eigenvalue weighted by molar-refractivity contribution is -0.154. The summed E-state index contributed by atoms with van der Waals surface area (Å²) in [6.45, 7) is 2.41. The lowest BCUT2D eigenvalue weighted by Crippen LogP contribution is -2.45. The number of methoxy groups -OCH3 is 1. The number of nitrogens with zero attached hydrogens (tertiary/aromatic N) is 2. The Bertz CT molecular complexity index is 535. The number of hydrogen-bond acceptors (Lipinski definition) is 5. The zero-order valence-electron chi connectivity index (χ0n) is 13.6. The first-order chi connectivity index (χ1) is 10.8. The maximum Gasteiger partial charge on any atom is 0.387 e. The fourth-order valence-electron chi connectivity index (χ4n) is 2.94. The summed E-state index contributed by atoms with van der Waals surface area (Å²) in [5, 5.41) is 0. The normalized spacial score (nSPS) is 18.9. The van der Waals surface area contributed by atoms with Crippen molar-refractivity contribution in [2.45, 2.75) is 33.3 Å². The minimum Gasteiger partial charge on any atom is -0.469 e. The molecule has 5 nitrogen and oxygen atoms in total. The van der Waals surface area contributed by atoms with E-state index in [0.29, 0.717) is 12.4 Å². The van der Waals surface area contributed by atoms with E-state index in [2.05, 4.69) is 14.6 Å². The fourth-order valence-corrected chi connectivity index (χ4v) is 2.94. The Kier molecular flexibility index (Phi) is 5.38. The molecule has 1 saturated heterocycles. The van der Waals surface area contributed by atoms with E-state index in [-0.39, 0.29) is 17.6 Å². The van der Waals surface area contributed by atoms with Crippen LogP contribution in [0.25, 0.3) is 0 Å². The Morgan fingerprint density at radius 2 is 2.17 bits per heavy atom. The van der Waals surface area contributed by atoms with Crippen molar-refractivity contribution in [1.29, 1.82) is 0 Å². The van der Waals surface area contributed by atoms with Gasteiger partial charge in [-0.05, 0) is 44.7 Å². The van der Waals surface area contributed by atoms with E-state index < -0.39 is 12.0 Å². The van der Waals surface area contributed by atoms with Crippen molar-refractivity contribution in [1.82, 2.24) is 4.98 Å². The van der Waals surface area contributed by atoms with Crippen LogP contribution in [0.15, 0.2) is 18.3 Å². The number of piperidine rings is 1. The van der Waals surface area contributed by atoms with Gasteiger partial charge in [0.2, 0.25) is 0 Å². The number of carbonyl (C=O) groups is 1. The highest BCUT2D eigenvalue weighted by Gasteiger charge is 2.40. The minimum atomic E-state index is -2.86. The Balaban J connectivity index is 2.07. The lowest BCUT2D eigenvalue weighted by atomic mass is 9.74. The summed E-state index contributed by atoms with van der Waals surface area (Å²) < 4.78 is 33.5. The highest BCUT2D eigenvalue weighted by molar-refractivity contribution is 5.76. The third kappa shape index (κ3) is 4.09. The van der Waals surface area contributed by atoms with Crippen LogP contribution < -0.4 is 9.64 Å². The largest absolute Gasteiger partial charge is 0.469 e. The molecule has 0 aromatic carbocycles. The summed E-state index contributed by atoms with van der Waals surface area (Å²) in [4.78, 5) is 18.2. The van der Waals surface area contributed by atoms with Crippen LogP contribution in [0.1, 0.15) is 26.7 Å². The van der Waals surface area contributed by atoms with Crippen molar-refractivity contribution < 1.29 is 23.0 Å². The van der Waals surface area contributed by atoms with Crippen LogP contribution in [0.4, 0.5) is 14.6 Å². The molecule has 1 aliphatic heterocycles. The number of halogens is 2. The fraction of sp³-hybridized carbons (Fsp3) is 0.625. The van der Waals surface area contributed by atoms with Gasteiger partial charge in [0.15, 0.2) is 0 Å². The van der Waals surface area contributed by atoms with Gasteiger partial charge >= 0.3 is 12.6 Å². The summed E-state index contributed by atoms with van der Waals surface area (Å²) in [6, 6.07) is 3.13. The molecule has 1 atom stereocenters. The monoisotopic (exact) mass is 328 g/mol. The third-order valence-corrected chi connectivity index (χ3v) is 4.42. The van der Waals surface area contributed by atoms with E-state index in [0.717, 1.165) is 19.4 Å². The number of aromatic nitrogens is 1. The number of esters is 1. The van der Waals surface area contributed by atoms with Crippen LogP contribution >= 0.6 is 0 Å². The van der Waals surface area contributed by atoms with Gasteiger partial charge in [0.05, 0.1) is 18.7 Å². The molecule has 0 amide bonds. The predicted octanol–water partition coefficient (Wildman–Crippen LogP) is 3.10. The Hall–Kier alpha value is -1.92. The molecule has 2 rings (SSSR count). The molecule has 1 aromatic heterocycles. The molecule has 0 N–H and O–H groups in total. The SMILES string of the molecule is COC(=O)C(C)(C)C1CCCN(c2ccc(OC(F)F)cn2)C1. The van der Waals surface area contributed by atoms with Crippen LogP contribution in [0, 0.1) is 11.3 Å². The van der Waals surface area contributed by atoms with E-state index >= 15 is 0 Å². The van der Waals surface area contributed by atoms with Crippen molar-refractivity contribution in [3.05, 3.63) is 18.3 Å². The molecule has 0 radical (unpaired) electrons. The summed E-state index contributed by atoms with van der Waals surface area (Å²) in [7, 11) is 1.40. The molecule has 0 spiro atoms. The summed E-state index contributed by atoms with van der Waals surface area (Å²) in [6.07, 6.45) is 3.16. The number of pyridine rings is 1. The van der Waals surface area contributed by atoms with E-state index in [1.54, 1.807) is 6.07 Å². The van der Waals surface area contributed by atoms with Gasteiger partial charge in [-0.25, -0.2) is 4.98 Å². The number of anilines is 1. The maximum atomic E-state index is 12.2. The highest BCUT2D eigenvalue weighted by atomic mass is 19.3. The van der Waals surface area contributed by atoms with Gasteiger partial charge in [-0.1, -0.05) is 0 Å². The molecule has 1 fully saturated rings. The quantitative estimate of drug-likeness (QED) is 0.778. The standard InChI is InChI=1S/C16H22F2N2O3/c1-16(2,14(21)22-3)11-5-4-8-20(10-11)13-7-6-12(9-19-13)23-15(17)18/h6-7,9,11,15H,4-5,8,10H2,1-3H3. The molecular formula is C16H22F2N2O3. The molecule has 2 heterocycles. The van der Waals surface area contributed by atoms with E-state index in [1.807, 2.05) is 13.8 Å². The topological polar surface area (TPSA) is 51.7 Å². The van der Waals surface area contributed by atoms with Crippen molar-refractivity contribution >= 4 is 11.8 Å². The minimum absolute atomic E-state index is 0.0344. The maximum absolute atomic E-state index is 12.2. The summed E-state index contributed by atoms with van der Waals surface area (Å²) >= 11 is 0. The van der Waals surface area contributed by atoms with Gasteiger partial charge in [-0.3, -0.25) is 4.79 Å². The first kappa shape index (κ1) is 17.4. The summed E-state index contributed by atoms with van der Waals surface area (Å²) in [5.74, 6) is 0.643. The van der Waals surface area contributed by atoms with Gasteiger partial charge in [0.25, 0.3) is 0 Å². The second-order valence-electron chi connectivity index (χ2n) is 6.23. The van der Waals surface area contributed by atoms with Crippen molar-refractivity contribution in [3.8, 4) is 5.75 Å². The Labute approximate surface area is 134 Å². The average Bonchev–Trinajstić information content (AvgIpc) is 2.54. The first-order valence-corrected chi connectivity index (χ1v) is 7.59. The van der Waals surface area contributed by atoms with Gasteiger partial charge < -0.3 is 14.4 Å². The number of ether oxygens (including phenoxy) is 2.